The molecule has 110 valence electrons. The van der Waals surface area contributed by atoms with Crippen molar-refractivity contribution < 1.29 is 15.0 Å². The number of aromatic nitrogens is 2. The van der Waals surface area contributed by atoms with Gasteiger partial charge in [-0.15, -0.1) is 0 Å². The number of fused-ring (bicyclic) bond motifs is 1. The van der Waals surface area contributed by atoms with E-state index in [-0.39, 0.29) is 11.4 Å². The van der Waals surface area contributed by atoms with Crippen molar-refractivity contribution in [2.24, 2.45) is 7.05 Å². The van der Waals surface area contributed by atoms with E-state index in [2.05, 4.69) is 5.10 Å². The third kappa shape index (κ3) is 2.51. The Balaban J connectivity index is 2.10. The molecule has 2 aromatic rings. The first kappa shape index (κ1) is 13.7. The van der Waals surface area contributed by atoms with Crippen LogP contribution in [0.1, 0.15) is 40.9 Å². The van der Waals surface area contributed by atoms with Crippen molar-refractivity contribution in [3.8, 4) is 17.0 Å². The molecular weight excluding hydrogens is 268 g/mol. The quantitative estimate of drug-likeness (QED) is 0.832. The van der Waals surface area contributed by atoms with Crippen LogP contribution in [0.4, 0.5) is 0 Å². The molecule has 0 radical (unpaired) electrons. The normalized spacial score (nSPS) is 14.5. The Bertz CT molecular complexity index is 704. The Morgan fingerprint density at radius 2 is 1.81 bits per heavy atom. The molecule has 5 nitrogen and oxygen atoms in total. The third-order valence-corrected chi connectivity index (χ3v) is 4.09. The summed E-state index contributed by atoms with van der Waals surface area (Å²) in [7, 11) is 1.69. The molecule has 1 aromatic carbocycles. The highest BCUT2D eigenvalue weighted by atomic mass is 16.4. The Kier molecular flexibility index (Phi) is 3.41. The van der Waals surface area contributed by atoms with E-state index in [0.717, 1.165) is 25.7 Å². The predicted octanol–water partition coefficient (Wildman–Crippen LogP) is 2.76. The van der Waals surface area contributed by atoms with Gasteiger partial charge in [-0.3, -0.25) is 4.68 Å². The molecule has 2 N–H and O–H groups in total. The molecule has 0 bridgehead atoms. The number of hydrogen-bond donors (Lipinski definition) is 2. The number of aromatic hydroxyl groups is 1. The maximum Gasteiger partial charge on any atom is 0.356 e. The molecular formula is C16H18N2O3. The second-order valence-corrected chi connectivity index (χ2v) is 5.54. The number of carbonyl (C=O) groups is 1. The zero-order chi connectivity index (χ0) is 15.0. The van der Waals surface area contributed by atoms with Crippen molar-refractivity contribution in [1.29, 1.82) is 0 Å². The van der Waals surface area contributed by atoms with Gasteiger partial charge in [0.15, 0.2) is 5.69 Å². The number of nitrogens with zero attached hydrogens (tertiary/aromatic N) is 2. The molecule has 0 saturated carbocycles. The fraction of sp³-hybridized carbons (Fsp3) is 0.375. The van der Waals surface area contributed by atoms with Crippen LogP contribution < -0.4 is 0 Å². The molecule has 0 atom stereocenters. The summed E-state index contributed by atoms with van der Waals surface area (Å²) in [5, 5.41) is 23.3. The number of hydrogen-bond acceptors (Lipinski definition) is 3. The first-order chi connectivity index (χ1) is 10.1. The van der Waals surface area contributed by atoms with Crippen LogP contribution in [0.3, 0.4) is 0 Å². The summed E-state index contributed by atoms with van der Waals surface area (Å²) in [5.74, 6) is -0.873. The minimum absolute atomic E-state index is 0.0122. The molecule has 5 heteroatoms. The fourth-order valence-electron chi connectivity index (χ4n) is 2.98. The van der Waals surface area contributed by atoms with Gasteiger partial charge < -0.3 is 10.2 Å². The summed E-state index contributed by atoms with van der Waals surface area (Å²) in [6.45, 7) is 0. The zero-order valence-electron chi connectivity index (χ0n) is 12.0. The van der Waals surface area contributed by atoms with Gasteiger partial charge in [-0.25, -0.2) is 4.79 Å². The summed E-state index contributed by atoms with van der Waals surface area (Å²) in [6.07, 6.45) is 5.52. The Labute approximate surface area is 122 Å². The van der Waals surface area contributed by atoms with E-state index in [9.17, 15) is 9.90 Å². The first-order valence-corrected chi connectivity index (χ1v) is 7.18. The predicted molar refractivity (Wildman–Crippen MR) is 78.5 cm³/mol. The number of rotatable bonds is 2. The van der Waals surface area contributed by atoms with Gasteiger partial charge in [0, 0.05) is 12.6 Å². The number of benzene rings is 1. The van der Waals surface area contributed by atoms with Crippen molar-refractivity contribution in [3.05, 3.63) is 35.0 Å². The number of carboxylic acid groups (broad SMARTS) is 1. The lowest BCUT2D eigenvalue weighted by Crippen LogP contribution is -1.99. The molecule has 0 amide bonds. The van der Waals surface area contributed by atoms with Gasteiger partial charge in [-0.1, -0.05) is 6.42 Å². The van der Waals surface area contributed by atoms with Gasteiger partial charge in [-0.2, -0.15) is 5.10 Å². The van der Waals surface area contributed by atoms with Gasteiger partial charge in [0.05, 0.1) is 5.69 Å². The van der Waals surface area contributed by atoms with Gasteiger partial charge in [-0.05, 0) is 55.0 Å². The minimum Gasteiger partial charge on any atom is -0.507 e. The van der Waals surface area contributed by atoms with Crippen molar-refractivity contribution >= 4 is 5.97 Å². The van der Waals surface area contributed by atoms with Crippen molar-refractivity contribution in [3.63, 3.8) is 0 Å². The lowest BCUT2D eigenvalue weighted by Gasteiger charge is -2.11. The second-order valence-electron chi connectivity index (χ2n) is 5.54. The number of aromatic carboxylic acids is 1. The van der Waals surface area contributed by atoms with Gasteiger partial charge in [0.25, 0.3) is 0 Å². The molecule has 0 spiro atoms. The van der Waals surface area contributed by atoms with Crippen molar-refractivity contribution in [2.75, 3.05) is 0 Å². The topological polar surface area (TPSA) is 75.4 Å². The maximum absolute atomic E-state index is 11.0. The van der Waals surface area contributed by atoms with E-state index in [1.54, 1.807) is 7.05 Å². The average molecular weight is 286 g/mol. The minimum atomic E-state index is -1.06. The summed E-state index contributed by atoms with van der Waals surface area (Å²) in [4.78, 5) is 11.0. The number of phenolic OH excluding ortho intramolecular Hbond substituents is 1. The fourth-order valence-corrected chi connectivity index (χ4v) is 2.98. The molecule has 3 rings (SSSR count). The molecule has 0 saturated heterocycles. The van der Waals surface area contributed by atoms with Crippen LogP contribution in [0, 0.1) is 0 Å². The SMILES string of the molecule is Cn1nc(C(=O)O)cc1-c1cc2c(cc1O)CCCCC2. The number of aryl methyl sites for hydroxylation is 3. The molecule has 1 heterocycles. The van der Waals surface area contributed by atoms with E-state index in [1.807, 2.05) is 12.1 Å². The standard InChI is InChI=1S/C16H18N2O3/c1-18-14(9-13(17-18)16(20)21)12-7-10-5-3-2-4-6-11(10)8-15(12)19/h7-9,19H,2-6H2,1H3,(H,20,21). The summed E-state index contributed by atoms with van der Waals surface area (Å²) < 4.78 is 1.50. The lowest BCUT2D eigenvalue weighted by atomic mass is 9.97. The van der Waals surface area contributed by atoms with Crippen LogP contribution in [-0.4, -0.2) is 26.0 Å². The van der Waals surface area contributed by atoms with E-state index in [1.165, 1.54) is 28.3 Å². The van der Waals surface area contributed by atoms with Crippen LogP contribution in [0.2, 0.25) is 0 Å². The van der Waals surface area contributed by atoms with Crippen LogP contribution in [-0.2, 0) is 19.9 Å². The van der Waals surface area contributed by atoms with Crippen molar-refractivity contribution in [2.45, 2.75) is 32.1 Å². The van der Waals surface area contributed by atoms with Gasteiger partial charge in [0.2, 0.25) is 0 Å². The van der Waals surface area contributed by atoms with Gasteiger partial charge in [0.1, 0.15) is 5.75 Å². The summed E-state index contributed by atoms with van der Waals surface area (Å²) in [5.41, 5.74) is 3.71. The van der Waals surface area contributed by atoms with Crippen LogP contribution in [0.5, 0.6) is 5.75 Å². The van der Waals surface area contributed by atoms with Crippen LogP contribution in [0.25, 0.3) is 11.3 Å². The highest BCUT2D eigenvalue weighted by Crippen LogP contribution is 2.34. The Morgan fingerprint density at radius 3 is 2.43 bits per heavy atom. The number of phenols is 1. The highest BCUT2D eigenvalue weighted by Gasteiger charge is 2.18. The molecule has 1 aliphatic rings. The van der Waals surface area contributed by atoms with Crippen LogP contribution >= 0.6 is 0 Å². The van der Waals surface area contributed by atoms with E-state index >= 15 is 0 Å². The van der Waals surface area contributed by atoms with E-state index in [4.69, 9.17) is 5.11 Å². The molecule has 21 heavy (non-hydrogen) atoms. The largest absolute Gasteiger partial charge is 0.507 e. The molecule has 0 unspecified atom stereocenters. The smallest absolute Gasteiger partial charge is 0.356 e. The maximum atomic E-state index is 11.0. The highest BCUT2D eigenvalue weighted by molar-refractivity contribution is 5.87. The second kappa shape index (κ2) is 5.24. The average Bonchev–Trinajstić information content (AvgIpc) is 2.68. The Morgan fingerprint density at radius 1 is 1.14 bits per heavy atom. The van der Waals surface area contributed by atoms with Crippen LogP contribution in [0.15, 0.2) is 18.2 Å². The molecule has 1 aliphatic carbocycles. The van der Waals surface area contributed by atoms with E-state index < -0.39 is 5.97 Å². The summed E-state index contributed by atoms with van der Waals surface area (Å²) in [6, 6.07) is 5.31. The lowest BCUT2D eigenvalue weighted by molar-refractivity contribution is 0.0689. The number of carboxylic acids is 1. The zero-order valence-corrected chi connectivity index (χ0v) is 12.0. The molecule has 1 aromatic heterocycles. The third-order valence-electron chi connectivity index (χ3n) is 4.09. The first-order valence-electron chi connectivity index (χ1n) is 7.18. The van der Waals surface area contributed by atoms with E-state index in [0.29, 0.717) is 11.3 Å². The van der Waals surface area contributed by atoms with Gasteiger partial charge >= 0.3 is 5.97 Å². The van der Waals surface area contributed by atoms with Crippen molar-refractivity contribution in [1.82, 2.24) is 9.78 Å². The molecule has 0 fully saturated rings. The Hall–Kier alpha value is -2.30. The molecule has 0 aliphatic heterocycles. The summed E-state index contributed by atoms with van der Waals surface area (Å²) >= 11 is 0. The monoisotopic (exact) mass is 286 g/mol.